The summed E-state index contributed by atoms with van der Waals surface area (Å²) >= 11 is 0. The quantitative estimate of drug-likeness (QED) is 0.657. The molecule has 5 nitrogen and oxygen atoms in total. The summed E-state index contributed by atoms with van der Waals surface area (Å²) in [7, 11) is 0. The molecular formula is C23H29FN2O3. The van der Waals surface area contributed by atoms with Crippen LogP contribution in [0.15, 0.2) is 54.6 Å². The second kappa shape index (κ2) is 11.2. The third-order valence-electron chi connectivity index (χ3n) is 4.76. The molecule has 6 heteroatoms. The molecule has 0 aliphatic carbocycles. The van der Waals surface area contributed by atoms with E-state index in [1.54, 1.807) is 4.90 Å². The van der Waals surface area contributed by atoms with Gasteiger partial charge in [0.15, 0.2) is 6.61 Å². The molecular weight excluding hydrogens is 371 g/mol. The molecule has 2 amide bonds. The number of ether oxygens (including phenoxy) is 1. The number of hydrogen-bond acceptors (Lipinski definition) is 3. The van der Waals surface area contributed by atoms with Crippen LogP contribution in [-0.2, 0) is 16.1 Å². The molecule has 0 heterocycles. The smallest absolute Gasteiger partial charge is 0.261 e. The summed E-state index contributed by atoms with van der Waals surface area (Å²) in [5.74, 6) is -0.448. The number of carbonyl (C=O) groups is 2. The minimum atomic E-state index is -0.603. The van der Waals surface area contributed by atoms with Crippen molar-refractivity contribution in [3.63, 3.8) is 0 Å². The van der Waals surface area contributed by atoms with Gasteiger partial charge in [0.05, 0.1) is 0 Å². The van der Waals surface area contributed by atoms with E-state index in [2.05, 4.69) is 5.32 Å². The summed E-state index contributed by atoms with van der Waals surface area (Å²) in [6.07, 6.45) is 1.29. The highest BCUT2D eigenvalue weighted by Gasteiger charge is 2.29. The zero-order valence-corrected chi connectivity index (χ0v) is 17.2. The largest absolute Gasteiger partial charge is 0.484 e. The molecule has 0 saturated carbocycles. The maximum Gasteiger partial charge on any atom is 0.261 e. The van der Waals surface area contributed by atoms with E-state index in [9.17, 15) is 14.0 Å². The van der Waals surface area contributed by atoms with Crippen LogP contribution >= 0.6 is 0 Å². The van der Waals surface area contributed by atoms with Gasteiger partial charge in [-0.1, -0.05) is 44.2 Å². The van der Waals surface area contributed by atoms with Crippen molar-refractivity contribution in [3.05, 3.63) is 66.0 Å². The second-order valence-electron chi connectivity index (χ2n) is 6.99. The Kier molecular flexibility index (Phi) is 8.65. The van der Waals surface area contributed by atoms with Gasteiger partial charge < -0.3 is 15.0 Å². The van der Waals surface area contributed by atoms with Crippen LogP contribution < -0.4 is 10.1 Å². The number of rotatable bonds is 10. The first kappa shape index (κ1) is 22.4. The molecule has 0 radical (unpaired) electrons. The first-order chi connectivity index (χ1) is 13.9. The molecule has 2 rings (SSSR count). The Morgan fingerprint density at radius 3 is 2.28 bits per heavy atom. The van der Waals surface area contributed by atoms with Gasteiger partial charge in [-0.2, -0.15) is 0 Å². The van der Waals surface area contributed by atoms with Crippen molar-refractivity contribution in [2.45, 2.75) is 52.2 Å². The zero-order valence-electron chi connectivity index (χ0n) is 17.2. The maximum atomic E-state index is 13.1. The van der Waals surface area contributed by atoms with Gasteiger partial charge in [-0.15, -0.1) is 0 Å². The van der Waals surface area contributed by atoms with E-state index in [0.29, 0.717) is 18.7 Å². The number of amides is 2. The lowest BCUT2D eigenvalue weighted by Crippen LogP contribution is -2.51. The van der Waals surface area contributed by atoms with Crippen molar-refractivity contribution in [2.24, 2.45) is 0 Å². The molecule has 0 bridgehead atoms. The maximum absolute atomic E-state index is 13.1. The molecule has 2 atom stereocenters. The summed E-state index contributed by atoms with van der Waals surface area (Å²) in [6.45, 7) is 5.89. The lowest BCUT2D eigenvalue weighted by molar-refractivity contribution is -0.143. The van der Waals surface area contributed by atoms with Crippen LogP contribution in [0.4, 0.5) is 4.39 Å². The number of benzene rings is 2. The van der Waals surface area contributed by atoms with Gasteiger partial charge in [0, 0.05) is 12.6 Å². The second-order valence-corrected chi connectivity index (χ2v) is 6.99. The lowest BCUT2D eigenvalue weighted by Gasteiger charge is -2.31. The van der Waals surface area contributed by atoms with Crippen molar-refractivity contribution < 1.29 is 18.7 Å². The zero-order chi connectivity index (χ0) is 21.2. The average Bonchev–Trinajstić information content (AvgIpc) is 2.73. The minimum Gasteiger partial charge on any atom is -0.484 e. The Bertz CT molecular complexity index is 780. The van der Waals surface area contributed by atoms with Gasteiger partial charge in [0.1, 0.15) is 17.6 Å². The fourth-order valence-corrected chi connectivity index (χ4v) is 2.90. The highest BCUT2D eigenvalue weighted by molar-refractivity contribution is 5.88. The standard InChI is InChI=1S/C23H29FN2O3/c1-4-17(3)25-23(28)21(5-2)26(15-18-9-7-6-8-10-18)22(27)16-29-20-13-11-19(24)12-14-20/h6-14,17,21H,4-5,15-16H2,1-3H3,(H,25,28)/t17-,21-/m1/s1. The number of halogens is 1. The van der Waals surface area contributed by atoms with E-state index in [1.165, 1.54) is 24.3 Å². The van der Waals surface area contributed by atoms with Gasteiger partial charge >= 0.3 is 0 Å². The third kappa shape index (κ3) is 6.89. The van der Waals surface area contributed by atoms with Crippen molar-refractivity contribution in [2.75, 3.05) is 6.61 Å². The van der Waals surface area contributed by atoms with Gasteiger partial charge in [-0.3, -0.25) is 9.59 Å². The Labute approximate surface area is 171 Å². The van der Waals surface area contributed by atoms with Crippen LogP contribution in [0.5, 0.6) is 5.75 Å². The van der Waals surface area contributed by atoms with Gasteiger partial charge in [0.2, 0.25) is 5.91 Å². The van der Waals surface area contributed by atoms with Crippen molar-refractivity contribution in [1.29, 1.82) is 0 Å². The average molecular weight is 400 g/mol. The Morgan fingerprint density at radius 1 is 1.03 bits per heavy atom. The molecule has 2 aromatic rings. The fourth-order valence-electron chi connectivity index (χ4n) is 2.90. The fraction of sp³-hybridized carbons (Fsp3) is 0.391. The van der Waals surface area contributed by atoms with Crippen LogP contribution in [0, 0.1) is 5.82 Å². The van der Waals surface area contributed by atoms with Gasteiger partial charge in [-0.25, -0.2) is 4.39 Å². The van der Waals surface area contributed by atoms with Crippen molar-refractivity contribution in [1.82, 2.24) is 10.2 Å². The van der Waals surface area contributed by atoms with Gasteiger partial charge in [0.25, 0.3) is 5.91 Å². The van der Waals surface area contributed by atoms with Crippen LogP contribution in [0.1, 0.15) is 39.2 Å². The first-order valence-electron chi connectivity index (χ1n) is 9.96. The highest BCUT2D eigenvalue weighted by Crippen LogP contribution is 2.15. The number of hydrogen-bond donors (Lipinski definition) is 1. The van der Waals surface area contributed by atoms with Crippen LogP contribution in [-0.4, -0.2) is 35.4 Å². The molecule has 0 spiro atoms. The summed E-state index contributed by atoms with van der Waals surface area (Å²) in [5, 5.41) is 2.97. The molecule has 0 unspecified atom stereocenters. The normalized spacial score (nSPS) is 12.7. The Morgan fingerprint density at radius 2 is 1.69 bits per heavy atom. The van der Waals surface area contributed by atoms with E-state index < -0.39 is 6.04 Å². The molecule has 1 N–H and O–H groups in total. The van der Waals surface area contributed by atoms with E-state index in [-0.39, 0.29) is 30.3 Å². The monoisotopic (exact) mass is 400 g/mol. The first-order valence-corrected chi connectivity index (χ1v) is 9.96. The Hall–Kier alpha value is -2.89. The van der Waals surface area contributed by atoms with Crippen molar-refractivity contribution >= 4 is 11.8 Å². The molecule has 2 aromatic carbocycles. The minimum absolute atomic E-state index is 0.0284. The van der Waals surface area contributed by atoms with Crippen LogP contribution in [0.3, 0.4) is 0 Å². The van der Waals surface area contributed by atoms with E-state index in [1.807, 2.05) is 51.1 Å². The predicted molar refractivity (Wildman–Crippen MR) is 111 cm³/mol. The third-order valence-corrected chi connectivity index (χ3v) is 4.76. The SMILES string of the molecule is CC[C@@H](C)NC(=O)[C@@H](CC)N(Cc1ccccc1)C(=O)COc1ccc(F)cc1. The molecule has 156 valence electrons. The lowest BCUT2D eigenvalue weighted by atomic mass is 10.1. The summed E-state index contributed by atoms with van der Waals surface area (Å²) < 4.78 is 18.6. The van der Waals surface area contributed by atoms with Crippen molar-refractivity contribution in [3.8, 4) is 5.75 Å². The van der Waals surface area contributed by atoms with E-state index >= 15 is 0 Å². The molecule has 29 heavy (non-hydrogen) atoms. The topological polar surface area (TPSA) is 58.6 Å². The van der Waals surface area contributed by atoms with E-state index in [4.69, 9.17) is 4.74 Å². The number of nitrogens with zero attached hydrogens (tertiary/aromatic N) is 1. The number of carbonyl (C=O) groups excluding carboxylic acids is 2. The summed E-state index contributed by atoms with van der Waals surface area (Å²) in [5.41, 5.74) is 0.928. The highest BCUT2D eigenvalue weighted by atomic mass is 19.1. The summed E-state index contributed by atoms with van der Waals surface area (Å²) in [4.78, 5) is 27.4. The Balaban J connectivity index is 2.16. The molecule has 0 fully saturated rings. The molecule has 0 saturated heterocycles. The van der Waals surface area contributed by atoms with Crippen LogP contribution in [0.2, 0.25) is 0 Å². The van der Waals surface area contributed by atoms with Gasteiger partial charge in [-0.05, 0) is 49.6 Å². The molecule has 0 aromatic heterocycles. The van der Waals surface area contributed by atoms with Crippen LogP contribution in [0.25, 0.3) is 0 Å². The number of nitrogens with one attached hydrogen (secondary N) is 1. The predicted octanol–water partition coefficient (Wildman–Crippen LogP) is 3.93. The summed E-state index contributed by atoms with van der Waals surface area (Å²) in [6, 6.07) is 14.4. The van der Waals surface area contributed by atoms with E-state index in [0.717, 1.165) is 12.0 Å². The molecule has 0 aliphatic rings. The molecule has 0 aliphatic heterocycles.